The normalized spacial score (nSPS) is 13.9. The summed E-state index contributed by atoms with van der Waals surface area (Å²) in [6, 6.07) is 17.2. The molecule has 1 aliphatic heterocycles. The molecule has 0 radical (unpaired) electrons. The number of furan rings is 1. The van der Waals surface area contributed by atoms with Crippen molar-refractivity contribution in [2.45, 2.75) is 6.42 Å². The number of benzene rings is 2. The molecule has 0 atom stereocenters. The smallest absolute Gasteiger partial charge is 0.291 e. The van der Waals surface area contributed by atoms with Crippen molar-refractivity contribution < 1.29 is 18.7 Å². The lowest BCUT2D eigenvalue weighted by Crippen LogP contribution is -2.40. The molecule has 0 saturated carbocycles. The molecule has 1 N–H and O–H groups in total. The number of thiazole rings is 1. The minimum atomic E-state index is -0.252. The van der Waals surface area contributed by atoms with Gasteiger partial charge in [0.25, 0.3) is 5.91 Å². The van der Waals surface area contributed by atoms with Gasteiger partial charge in [0, 0.05) is 29.4 Å². The fraction of sp³-hybridized carbons (Fsp3) is 0.208. The number of amides is 2. The largest absolute Gasteiger partial charge is 0.449 e. The first kappa shape index (κ1) is 20.4. The van der Waals surface area contributed by atoms with Crippen LogP contribution in [0.25, 0.3) is 21.5 Å². The van der Waals surface area contributed by atoms with Crippen LogP contribution in [-0.2, 0) is 16.0 Å². The van der Waals surface area contributed by atoms with Crippen LogP contribution in [0.2, 0.25) is 0 Å². The van der Waals surface area contributed by atoms with Gasteiger partial charge >= 0.3 is 0 Å². The van der Waals surface area contributed by atoms with Crippen LogP contribution in [0, 0.1) is 0 Å². The molecule has 32 heavy (non-hydrogen) atoms. The Hall–Kier alpha value is -3.49. The lowest BCUT2D eigenvalue weighted by molar-refractivity contribution is -0.115. The van der Waals surface area contributed by atoms with E-state index >= 15 is 0 Å². The van der Waals surface area contributed by atoms with Gasteiger partial charge < -0.3 is 19.4 Å². The molecule has 0 spiro atoms. The summed E-state index contributed by atoms with van der Waals surface area (Å²) in [6.07, 6.45) is 0.105. The van der Waals surface area contributed by atoms with Crippen molar-refractivity contribution in [1.29, 1.82) is 0 Å². The van der Waals surface area contributed by atoms with Crippen LogP contribution >= 0.6 is 11.3 Å². The van der Waals surface area contributed by atoms with Crippen LogP contribution in [0.4, 0.5) is 5.69 Å². The summed E-state index contributed by atoms with van der Waals surface area (Å²) in [4.78, 5) is 32.3. The number of aromatic nitrogens is 1. The summed E-state index contributed by atoms with van der Waals surface area (Å²) < 4.78 is 11.2. The molecule has 7 nitrogen and oxygen atoms in total. The summed E-state index contributed by atoms with van der Waals surface area (Å²) in [5.74, 6) is -0.359. The quantitative estimate of drug-likeness (QED) is 0.495. The molecule has 5 rings (SSSR count). The predicted octanol–water partition coefficient (Wildman–Crippen LogP) is 4.21. The number of rotatable bonds is 5. The number of para-hydroxylation sites is 1. The minimum Gasteiger partial charge on any atom is -0.449 e. The molecule has 2 aromatic heterocycles. The van der Waals surface area contributed by atoms with Crippen LogP contribution < -0.4 is 5.32 Å². The van der Waals surface area contributed by atoms with E-state index in [-0.39, 0.29) is 24.0 Å². The standard InChI is InChI=1S/C24H21N3O4S/c28-20(14-17-15-32-23(25-17)16-6-2-1-3-7-16)26-21-18-8-4-5-9-19(18)31-22(21)24(29)27-10-12-30-13-11-27/h1-9,15H,10-14H2,(H,26,28). The zero-order valence-corrected chi connectivity index (χ0v) is 18.1. The van der Waals surface area contributed by atoms with Crippen molar-refractivity contribution >= 4 is 39.8 Å². The van der Waals surface area contributed by atoms with E-state index in [0.29, 0.717) is 48.7 Å². The Morgan fingerprint density at radius 2 is 1.78 bits per heavy atom. The molecule has 2 aromatic carbocycles. The second-order valence-corrected chi connectivity index (χ2v) is 8.30. The van der Waals surface area contributed by atoms with Crippen molar-refractivity contribution in [3.63, 3.8) is 0 Å². The molecule has 4 aromatic rings. The number of fused-ring (bicyclic) bond motifs is 1. The van der Waals surface area contributed by atoms with E-state index < -0.39 is 0 Å². The van der Waals surface area contributed by atoms with Crippen molar-refractivity contribution in [2.24, 2.45) is 0 Å². The number of hydrogen-bond acceptors (Lipinski definition) is 6. The maximum absolute atomic E-state index is 13.1. The number of carbonyl (C=O) groups is 2. The number of anilines is 1. The molecule has 0 aliphatic carbocycles. The Labute approximate surface area is 188 Å². The van der Waals surface area contributed by atoms with E-state index in [1.807, 2.05) is 53.9 Å². The second-order valence-electron chi connectivity index (χ2n) is 7.44. The zero-order valence-electron chi connectivity index (χ0n) is 17.2. The summed E-state index contributed by atoms with van der Waals surface area (Å²) in [5, 5.41) is 6.35. The summed E-state index contributed by atoms with van der Waals surface area (Å²) in [7, 11) is 0. The average Bonchev–Trinajstić information content (AvgIpc) is 3.45. The maximum atomic E-state index is 13.1. The highest BCUT2D eigenvalue weighted by atomic mass is 32.1. The monoisotopic (exact) mass is 447 g/mol. The van der Waals surface area contributed by atoms with E-state index in [9.17, 15) is 9.59 Å². The Bertz CT molecular complexity index is 1260. The Kier molecular flexibility index (Phi) is 5.70. The van der Waals surface area contributed by atoms with E-state index in [0.717, 1.165) is 10.6 Å². The van der Waals surface area contributed by atoms with Gasteiger partial charge in [0.1, 0.15) is 16.3 Å². The highest BCUT2D eigenvalue weighted by Gasteiger charge is 2.27. The number of carbonyl (C=O) groups excluding carboxylic acids is 2. The van der Waals surface area contributed by atoms with Crippen LogP contribution in [0.15, 0.2) is 64.4 Å². The SMILES string of the molecule is O=C(Cc1csc(-c2ccccc2)n1)Nc1c(C(=O)N2CCOCC2)oc2ccccc12. The second kappa shape index (κ2) is 8.94. The van der Waals surface area contributed by atoms with Crippen molar-refractivity contribution in [1.82, 2.24) is 9.88 Å². The third-order valence-corrected chi connectivity index (χ3v) is 6.21. The molecular weight excluding hydrogens is 426 g/mol. The van der Waals surface area contributed by atoms with Crippen LogP contribution in [0.3, 0.4) is 0 Å². The molecule has 3 heterocycles. The molecule has 1 saturated heterocycles. The Morgan fingerprint density at radius 1 is 1.03 bits per heavy atom. The van der Waals surface area contributed by atoms with Crippen LogP contribution in [0.5, 0.6) is 0 Å². The molecule has 1 aliphatic rings. The van der Waals surface area contributed by atoms with Gasteiger partial charge in [0.2, 0.25) is 11.7 Å². The zero-order chi connectivity index (χ0) is 21.9. The first-order chi connectivity index (χ1) is 15.7. The van der Waals surface area contributed by atoms with E-state index in [4.69, 9.17) is 9.15 Å². The molecule has 1 fully saturated rings. The maximum Gasteiger partial charge on any atom is 0.291 e. The van der Waals surface area contributed by atoms with Gasteiger partial charge in [-0.2, -0.15) is 0 Å². The highest BCUT2D eigenvalue weighted by molar-refractivity contribution is 7.13. The van der Waals surface area contributed by atoms with Gasteiger partial charge in [0.15, 0.2) is 0 Å². The lowest BCUT2D eigenvalue weighted by atomic mass is 10.2. The lowest BCUT2D eigenvalue weighted by Gasteiger charge is -2.26. The number of nitrogens with one attached hydrogen (secondary N) is 1. The Morgan fingerprint density at radius 3 is 2.59 bits per heavy atom. The van der Waals surface area contributed by atoms with Crippen molar-refractivity contribution in [3.05, 3.63) is 71.4 Å². The predicted molar refractivity (Wildman–Crippen MR) is 123 cm³/mol. The third kappa shape index (κ3) is 4.15. The fourth-order valence-corrected chi connectivity index (χ4v) is 4.51. The van der Waals surface area contributed by atoms with Crippen LogP contribution in [0.1, 0.15) is 16.2 Å². The summed E-state index contributed by atoms with van der Waals surface area (Å²) in [6.45, 7) is 1.96. The average molecular weight is 448 g/mol. The third-order valence-electron chi connectivity index (χ3n) is 5.27. The topological polar surface area (TPSA) is 84.7 Å². The first-order valence-corrected chi connectivity index (χ1v) is 11.3. The molecule has 0 bridgehead atoms. The van der Waals surface area contributed by atoms with Gasteiger partial charge in [-0.05, 0) is 12.1 Å². The van der Waals surface area contributed by atoms with Crippen LogP contribution in [-0.4, -0.2) is 48.0 Å². The van der Waals surface area contributed by atoms with Crippen molar-refractivity contribution in [2.75, 3.05) is 31.6 Å². The number of morpholine rings is 1. The number of hydrogen-bond donors (Lipinski definition) is 1. The van der Waals surface area contributed by atoms with Gasteiger partial charge in [-0.3, -0.25) is 9.59 Å². The van der Waals surface area contributed by atoms with E-state index in [1.165, 1.54) is 11.3 Å². The van der Waals surface area contributed by atoms with Gasteiger partial charge in [0.05, 0.1) is 25.3 Å². The first-order valence-electron chi connectivity index (χ1n) is 10.4. The number of nitrogens with zero attached hydrogens (tertiary/aromatic N) is 2. The van der Waals surface area contributed by atoms with Gasteiger partial charge in [-0.15, -0.1) is 11.3 Å². The molecule has 2 amide bonds. The fourth-order valence-electron chi connectivity index (χ4n) is 3.68. The molecular formula is C24H21N3O4S. The molecule has 8 heteroatoms. The van der Waals surface area contributed by atoms with Crippen molar-refractivity contribution in [3.8, 4) is 10.6 Å². The number of ether oxygens (including phenoxy) is 1. The Balaban J connectivity index is 1.38. The van der Waals surface area contributed by atoms with Gasteiger partial charge in [-0.1, -0.05) is 42.5 Å². The minimum absolute atomic E-state index is 0.105. The summed E-state index contributed by atoms with van der Waals surface area (Å²) >= 11 is 1.50. The highest BCUT2D eigenvalue weighted by Crippen LogP contribution is 2.32. The summed E-state index contributed by atoms with van der Waals surface area (Å²) in [5.41, 5.74) is 2.66. The van der Waals surface area contributed by atoms with E-state index in [2.05, 4.69) is 10.3 Å². The van der Waals surface area contributed by atoms with Gasteiger partial charge in [-0.25, -0.2) is 4.98 Å². The molecule has 0 unspecified atom stereocenters. The van der Waals surface area contributed by atoms with E-state index in [1.54, 1.807) is 11.0 Å². The molecule has 162 valence electrons.